The molecule has 0 spiro atoms. The van der Waals surface area contributed by atoms with Crippen molar-refractivity contribution in [3.05, 3.63) is 71.8 Å². The minimum Gasteiger partial charge on any atom is -0.388 e. The number of benzene rings is 2. The second kappa shape index (κ2) is 11.1. The number of ether oxygens (including phenoxy) is 2. The maximum absolute atomic E-state index is 4.25. The molecule has 0 radical (unpaired) electrons. The van der Waals surface area contributed by atoms with Crippen molar-refractivity contribution in [3.63, 3.8) is 0 Å². The molecule has 2 aromatic rings. The van der Waals surface area contributed by atoms with Gasteiger partial charge in [-0.2, -0.15) is 0 Å². The summed E-state index contributed by atoms with van der Waals surface area (Å²) in [6.45, 7) is 4.52. The van der Waals surface area contributed by atoms with Crippen LogP contribution in [0.5, 0.6) is 0 Å². The summed E-state index contributed by atoms with van der Waals surface area (Å²) in [6.07, 6.45) is 0. The third kappa shape index (κ3) is 7.07. The molecule has 2 rings (SSSR count). The van der Waals surface area contributed by atoms with Crippen molar-refractivity contribution in [1.82, 2.24) is 0 Å². The summed E-state index contributed by atoms with van der Waals surface area (Å²) in [4.78, 5) is 0. The smallest absolute Gasteiger partial charge is 0.0351 e. The predicted octanol–water partition coefficient (Wildman–Crippen LogP) is 4.54. The average molecular weight is 288 g/mol. The molecule has 0 aliphatic carbocycles. The van der Waals surface area contributed by atoms with Crippen LogP contribution in [0.2, 0.25) is 0 Å². The first kappa shape index (κ1) is 19.4. The highest BCUT2D eigenvalue weighted by atomic mass is 16.5. The molecule has 0 aliphatic heterocycles. The molecule has 0 saturated carbocycles. The van der Waals surface area contributed by atoms with Gasteiger partial charge in [0, 0.05) is 33.9 Å². The maximum atomic E-state index is 4.25. The molecule has 2 nitrogen and oxygen atoms in total. The Hall–Kier alpha value is -1.64. The molecule has 0 amide bonds. The van der Waals surface area contributed by atoms with Crippen LogP contribution < -0.4 is 0 Å². The van der Waals surface area contributed by atoms with Crippen molar-refractivity contribution < 1.29 is 9.47 Å². The van der Waals surface area contributed by atoms with Gasteiger partial charge in [0.05, 0.1) is 0 Å². The molecule has 0 N–H and O–H groups in total. The molecule has 0 aromatic heterocycles. The van der Waals surface area contributed by atoms with E-state index in [4.69, 9.17) is 0 Å². The molecule has 0 saturated heterocycles. The number of methoxy groups -OCH3 is 2. The van der Waals surface area contributed by atoms with E-state index in [0.29, 0.717) is 0 Å². The van der Waals surface area contributed by atoms with E-state index in [1.54, 1.807) is 28.4 Å². The van der Waals surface area contributed by atoms with Crippen molar-refractivity contribution in [1.29, 1.82) is 0 Å². The minimum atomic E-state index is 0.0858. The SMILES string of the molecule is CC(C)(c1ccccc1)c1ccccc1.COC.COC. The molecule has 21 heavy (non-hydrogen) atoms. The molecule has 2 heteroatoms. The molecule has 0 heterocycles. The fraction of sp³-hybridized carbons (Fsp3) is 0.368. The van der Waals surface area contributed by atoms with E-state index < -0.39 is 0 Å². The summed E-state index contributed by atoms with van der Waals surface area (Å²) in [5.74, 6) is 0. The van der Waals surface area contributed by atoms with Gasteiger partial charge in [-0.05, 0) is 11.1 Å². The van der Waals surface area contributed by atoms with E-state index >= 15 is 0 Å². The normalized spacial score (nSPS) is 9.81. The van der Waals surface area contributed by atoms with Crippen molar-refractivity contribution in [2.24, 2.45) is 0 Å². The number of hydrogen-bond acceptors (Lipinski definition) is 2. The average Bonchev–Trinajstić information content (AvgIpc) is 2.51. The third-order valence-electron chi connectivity index (χ3n) is 2.99. The van der Waals surface area contributed by atoms with E-state index in [0.717, 1.165) is 0 Å². The number of rotatable bonds is 2. The summed E-state index contributed by atoms with van der Waals surface area (Å²) in [7, 11) is 6.50. The standard InChI is InChI=1S/C15H16.2C2H6O/c1-15(2,13-9-5-3-6-10-13)14-11-7-4-8-12-14;2*1-3-2/h3-12H,1-2H3;2*1-2H3. The second-order valence-electron chi connectivity index (χ2n) is 5.17. The van der Waals surface area contributed by atoms with Gasteiger partial charge in [0.2, 0.25) is 0 Å². The van der Waals surface area contributed by atoms with Gasteiger partial charge in [0.15, 0.2) is 0 Å². The van der Waals surface area contributed by atoms with E-state index in [1.807, 2.05) is 0 Å². The minimum absolute atomic E-state index is 0.0858. The van der Waals surface area contributed by atoms with Gasteiger partial charge in [-0.3, -0.25) is 0 Å². The lowest BCUT2D eigenvalue weighted by molar-refractivity contribution is 0.277. The van der Waals surface area contributed by atoms with Crippen LogP contribution in [0.15, 0.2) is 60.7 Å². The lowest BCUT2D eigenvalue weighted by Crippen LogP contribution is -2.18. The molecular weight excluding hydrogens is 260 g/mol. The summed E-state index contributed by atoms with van der Waals surface area (Å²) < 4.78 is 8.50. The summed E-state index contributed by atoms with van der Waals surface area (Å²) in [5.41, 5.74) is 2.80. The van der Waals surface area contributed by atoms with Gasteiger partial charge in [-0.1, -0.05) is 74.5 Å². The highest BCUT2D eigenvalue weighted by molar-refractivity contribution is 5.36. The Morgan fingerprint density at radius 3 is 1.05 bits per heavy atom. The van der Waals surface area contributed by atoms with Crippen LogP contribution in [0.4, 0.5) is 0 Å². The largest absolute Gasteiger partial charge is 0.388 e. The maximum Gasteiger partial charge on any atom is 0.0351 e. The highest BCUT2D eigenvalue weighted by Gasteiger charge is 2.21. The zero-order valence-corrected chi connectivity index (χ0v) is 14.1. The van der Waals surface area contributed by atoms with Crippen LogP contribution in [0.1, 0.15) is 25.0 Å². The van der Waals surface area contributed by atoms with Crippen LogP contribution in [-0.4, -0.2) is 28.4 Å². The molecule has 2 aromatic carbocycles. The Morgan fingerprint density at radius 1 is 0.571 bits per heavy atom. The zero-order chi connectivity index (χ0) is 16.1. The predicted molar refractivity (Wildman–Crippen MR) is 90.9 cm³/mol. The molecule has 0 fully saturated rings. The van der Waals surface area contributed by atoms with E-state index in [9.17, 15) is 0 Å². The lowest BCUT2D eigenvalue weighted by Gasteiger charge is -2.25. The summed E-state index contributed by atoms with van der Waals surface area (Å²) in [5, 5.41) is 0. The van der Waals surface area contributed by atoms with Gasteiger partial charge in [-0.15, -0.1) is 0 Å². The summed E-state index contributed by atoms with van der Waals surface area (Å²) in [6, 6.07) is 21.3. The molecular formula is C19H28O2. The van der Waals surface area contributed by atoms with E-state index in [1.165, 1.54) is 11.1 Å². The Morgan fingerprint density at radius 2 is 0.810 bits per heavy atom. The Bertz CT molecular complexity index is 406. The number of hydrogen-bond donors (Lipinski definition) is 0. The molecule has 116 valence electrons. The third-order valence-corrected chi connectivity index (χ3v) is 2.99. The highest BCUT2D eigenvalue weighted by Crippen LogP contribution is 2.30. The molecule has 0 atom stereocenters. The van der Waals surface area contributed by atoms with Crippen LogP contribution in [-0.2, 0) is 14.9 Å². The van der Waals surface area contributed by atoms with Crippen LogP contribution in [0.3, 0.4) is 0 Å². The summed E-state index contributed by atoms with van der Waals surface area (Å²) >= 11 is 0. The first-order valence-electron chi connectivity index (χ1n) is 6.95. The lowest BCUT2D eigenvalue weighted by atomic mass is 9.78. The van der Waals surface area contributed by atoms with Gasteiger partial charge < -0.3 is 9.47 Å². The van der Waals surface area contributed by atoms with Crippen LogP contribution in [0.25, 0.3) is 0 Å². The second-order valence-corrected chi connectivity index (χ2v) is 5.17. The van der Waals surface area contributed by atoms with E-state index in [2.05, 4.69) is 84.0 Å². The van der Waals surface area contributed by atoms with Crippen molar-refractivity contribution in [2.45, 2.75) is 19.3 Å². The van der Waals surface area contributed by atoms with Crippen molar-refractivity contribution >= 4 is 0 Å². The van der Waals surface area contributed by atoms with Gasteiger partial charge in [0.1, 0.15) is 0 Å². The van der Waals surface area contributed by atoms with E-state index in [-0.39, 0.29) is 5.41 Å². The zero-order valence-electron chi connectivity index (χ0n) is 14.1. The first-order valence-corrected chi connectivity index (χ1v) is 6.95. The Labute approximate surface area is 129 Å². The van der Waals surface area contributed by atoms with Crippen LogP contribution in [0, 0.1) is 0 Å². The van der Waals surface area contributed by atoms with Crippen molar-refractivity contribution in [3.8, 4) is 0 Å². The Balaban J connectivity index is 0.000000578. The van der Waals surface area contributed by atoms with Gasteiger partial charge in [-0.25, -0.2) is 0 Å². The molecule has 0 bridgehead atoms. The van der Waals surface area contributed by atoms with Gasteiger partial charge >= 0.3 is 0 Å². The van der Waals surface area contributed by atoms with Crippen molar-refractivity contribution in [2.75, 3.05) is 28.4 Å². The monoisotopic (exact) mass is 288 g/mol. The van der Waals surface area contributed by atoms with Gasteiger partial charge in [0.25, 0.3) is 0 Å². The fourth-order valence-electron chi connectivity index (χ4n) is 1.88. The molecule has 0 aliphatic rings. The topological polar surface area (TPSA) is 18.5 Å². The Kier molecular flexibility index (Phi) is 10.2. The fourth-order valence-corrected chi connectivity index (χ4v) is 1.88. The quantitative estimate of drug-likeness (QED) is 0.808. The molecule has 0 unspecified atom stereocenters. The van der Waals surface area contributed by atoms with Crippen LogP contribution >= 0.6 is 0 Å². The first-order chi connectivity index (χ1) is 10.0.